The van der Waals surface area contributed by atoms with E-state index in [2.05, 4.69) is 182 Å². The second-order valence-corrected chi connectivity index (χ2v) is 12.1. The molecular weight excluding hydrogens is 553 g/mol. The Hall–Kier alpha value is -5.98. The van der Waals surface area contributed by atoms with E-state index >= 15 is 0 Å². The van der Waals surface area contributed by atoms with Crippen molar-refractivity contribution >= 4 is 43.1 Å². The number of fused-ring (bicyclic) bond motifs is 4. The predicted molar refractivity (Wildman–Crippen MR) is 198 cm³/mol. The molecule has 0 aliphatic heterocycles. The molecule has 0 fully saturated rings. The summed E-state index contributed by atoms with van der Waals surface area (Å²) in [5.41, 5.74) is 10.0. The summed E-state index contributed by atoms with van der Waals surface area (Å²) in [7, 11) is 0. The molecule has 0 saturated heterocycles. The maximum Gasteiger partial charge on any atom is -0.00199 e. The Morgan fingerprint density at radius 1 is 0.217 bits per heavy atom. The Labute approximate surface area is 268 Å². The molecule has 0 bridgehead atoms. The minimum atomic E-state index is 1.23. The normalized spacial score (nSPS) is 11.5. The maximum absolute atomic E-state index is 2.39. The molecule has 0 heteroatoms. The van der Waals surface area contributed by atoms with Gasteiger partial charge in [0.1, 0.15) is 0 Å². The molecule has 9 aromatic rings. The predicted octanol–water partition coefficient (Wildman–Crippen LogP) is 13.0. The summed E-state index contributed by atoms with van der Waals surface area (Å²) >= 11 is 0. The van der Waals surface area contributed by atoms with Crippen molar-refractivity contribution < 1.29 is 0 Å². The van der Waals surface area contributed by atoms with E-state index in [9.17, 15) is 0 Å². The van der Waals surface area contributed by atoms with Crippen molar-refractivity contribution in [2.24, 2.45) is 0 Å². The SMILES string of the molecule is c1ccc(-c2ccc3cc(-c4c5ccccc5c(-c5cc(-c6ccccc6)cc6ccccc56)c5ccccc45)ccc3c2)cc1. The molecule has 0 spiro atoms. The van der Waals surface area contributed by atoms with Crippen LogP contribution in [0, 0.1) is 0 Å². The fraction of sp³-hybridized carbons (Fsp3) is 0. The van der Waals surface area contributed by atoms with Crippen molar-refractivity contribution in [2.75, 3.05) is 0 Å². The third-order valence-electron chi connectivity index (χ3n) is 9.41. The third kappa shape index (κ3) is 4.38. The van der Waals surface area contributed by atoms with Gasteiger partial charge in [-0.3, -0.25) is 0 Å². The lowest BCUT2D eigenvalue weighted by Crippen LogP contribution is -1.92. The van der Waals surface area contributed by atoms with Gasteiger partial charge in [0.15, 0.2) is 0 Å². The Kier molecular flexibility index (Phi) is 6.25. The highest BCUT2D eigenvalue weighted by atomic mass is 14.2. The van der Waals surface area contributed by atoms with Crippen molar-refractivity contribution in [3.05, 3.63) is 182 Å². The van der Waals surface area contributed by atoms with Gasteiger partial charge in [-0.15, -0.1) is 0 Å². The van der Waals surface area contributed by atoms with Gasteiger partial charge in [0.2, 0.25) is 0 Å². The largest absolute Gasteiger partial charge is 0.0622 e. The standard InChI is InChI=1S/C46H30/c1-3-13-31(14-4-1)33-23-24-35-28-37(26-25-34(35)27-33)45-40-19-9-11-21-42(40)46(43-22-12-10-20-41(43)45)44-30-38(32-15-5-2-6-16-32)29-36-17-7-8-18-39(36)44/h1-30H. The lowest BCUT2D eigenvalue weighted by atomic mass is 9.83. The molecule has 214 valence electrons. The fourth-order valence-electron chi connectivity index (χ4n) is 7.26. The monoisotopic (exact) mass is 582 g/mol. The van der Waals surface area contributed by atoms with Gasteiger partial charge in [-0.2, -0.15) is 0 Å². The van der Waals surface area contributed by atoms with Crippen molar-refractivity contribution in [1.82, 2.24) is 0 Å². The Morgan fingerprint density at radius 3 is 1.26 bits per heavy atom. The van der Waals surface area contributed by atoms with E-state index in [1.165, 1.54) is 87.6 Å². The first-order chi connectivity index (χ1) is 22.8. The van der Waals surface area contributed by atoms with Crippen LogP contribution in [0.25, 0.3) is 87.6 Å². The summed E-state index contributed by atoms with van der Waals surface area (Å²) in [6.45, 7) is 0. The minimum absolute atomic E-state index is 1.23. The fourth-order valence-corrected chi connectivity index (χ4v) is 7.26. The molecule has 46 heavy (non-hydrogen) atoms. The molecule has 9 aromatic carbocycles. The van der Waals surface area contributed by atoms with Gasteiger partial charge >= 0.3 is 0 Å². The smallest absolute Gasteiger partial charge is 0.00199 e. The van der Waals surface area contributed by atoms with Crippen LogP contribution in [0.1, 0.15) is 0 Å². The van der Waals surface area contributed by atoms with E-state index in [1.807, 2.05) is 0 Å². The van der Waals surface area contributed by atoms with Crippen LogP contribution in [0.15, 0.2) is 182 Å². The molecule has 0 heterocycles. The molecular formula is C46H30. The van der Waals surface area contributed by atoms with Crippen molar-refractivity contribution in [3.63, 3.8) is 0 Å². The molecule has 0 N–H and O–H groups in total. The first kappa shape index (κ1) is 26.4. The Morgan fingerprint density at radius 2 is 0.652 bits per heavy atom. The molecule has 0 nitrogen and oxygen atoms in total. The second-order valence-electron chi connectivity index (χ2n) is 12.1. The summed E-state index contributed by atoms with van der Waals surface area (Å²) in [5.74, 6) is 0. The van der Waals surface area contributed by atoms with Crippen LogP contribution in [-0.2, 0) is 0 Å². The highest BCUT2D eigenvalue weighted by molar-refractivity contribution is 6.24. The average Bonchev–Trinajstić information content (AvgIpc) is 3.13. The molecule has 0 aromatic heterocycles. The van der Waals surface area contributed by atoms with Gasteiger partial charge in [-0.1, -0.05) is 158 Å². The van der Waals surface area contributed by atoms with Crippen LogP contribution in [0.5, 0.6) is 0 Å². The topological polar surface area (TPSA) is 0 Å². The van der Waals surface area contributed by atoms with Crippen molar-refractivity contribution in [3.8, 4) is 44.5 Å². The van der Waals surface area contributed by atoms with Gasteiger partial charge in [0.25, 0.3) is 0 Å². The summed E-state index contributed by atoms with van der Waals surface area (Å²) in [6, 6.07) is 66.6. The van der Waals surface area contributed by atoms with Gasteiger partial charge in [0.05, 0.1) is 0 Å². The molecule has 0 unspecified atom stereocenters. The number of hydrogen-bond donors (Lipinski definition) is 0. The summed E-state index contributed by atoms with van der Waals surface area (Å²) in [5, 5.41) is 10.1. The molecule has 0 atom stereocenters. The van der Waals surface area contributed by atoms with E-state index in [0.29, 0.717) is 0 Å². The number of hydrogen-bond acceptors (Lipinski definition) is 0. The molecule has 0 amide bonds. The van der Waals surface area contributed by atoms with Gasteiger partial charge in [-0.05, 0) is 112 Å². The van der Waals surface area contributed by atoms with Crippen LogP contribution >= 0.6 is 0 Å². The van der Waals surface area contributed by atoms with Crippen LogP contribution in [0.3, 0.4) is 0 Å². The van der Waals surface area contributed by atoms with E-state index in [1.54, 1.807) is 0 Å². The zero-order chi connectivity index (χ0) is 30.5. The van der Waals surface area contributed by atoms with Crippen LogP contribution in [0.2, 0.25) is 0 Å². The van der Waals surface area contributed by atoms with Gasteiger partial charge in [0, 0.05) is 0 Å². The molecule has 0 aliphatic carbocycles. The van der Waals surface area contributed by atoms with Crippen molar-refractivity contribution in [1.29, 1.82) is 0 Å². The summed E-state index contributed by atoms with van der Waals surface area (Å²) < 4.78 is 0. The Bertz CT molecular complexity index is 2500. The van der Waals surface area contributed by atoms with Gasteiger partial charge in [-0.25, -0.2) is 0 Å². The van der Waals surface area contributed by atoms with E-state index in [4.69, 9.17) is 0 Å². The highest BCUT2D eigenvalue weighted by Crippen LogP contribution is 2.46. The lowest BCUT2D eigenvalue weighted by Gasteiger charge is -2.20. The number of rotatable bonds is 4. The quantitative estimate of drug-likeness (QED) is 0.181. The number of benzene rings is 9. The maximum atomic E-state index is 2.39. The van der Waals surface area contributed by atoms with E-state index in [-0.39, 0.29) is 0 Å². The van der Waals surface area contributed by atoms with Crippen LogP contribution in [0.4, 0.5) is 0 Å². The van der Waals surface area contributed by atoms with Crippen LogP contribution in [-0.4, -0.2) is 0 Å². The average molecular weight is 583 g/mol. The molecule has 0 saturated carbocycles. The van der Waals surface area contributed by atoms with E-state index in [0.717, 1.165) is 0 Å². The molecule has 0 aliphatic rings. The van der Waals surface area contributed by atoms with Crippen LogP contribution < -0.4 is 0 Å². The summed E-state index contributed by atoms with van der Waals surface area (Å²) in [4.78, 5) is 0. The first-order valence-corrected chi connectivity index (χ1v) is 15.9. The third-order valence-corrected chi connectivity index (χ3v) is 9.41. The lowest BCUT2D eigenvalue weighted by molar-refractivity contribution is 1.63. The van der Waals surface area contributed by atoms with Crippen molar-refractivity contribution in [2.45, 2.75) is 0 Å². The molecule has 9 rings (SSSR count). The highest BCUT2D eigenvalue weighted by Gasteiger charge is 2.19. The first-order valence-electron chi connectivity index (χ1n) is 15.9. The zero-order valence-electron chi connectivity index (χ0n) is 25.3. The van der Waals surface area contributed by atoms with Gasteiger partial charge < -0.3 is 0 Å². The Balaban J connectivity index is 1.31. The second kappa shape index (κ2) is 10.9. The van der Waals surface area contributed by atoms with E-state index < -0.39 is 0 Å². The zero-order valence-corrected chi connectivity index (χ0v) is 25.3. The minimum Gasteiger partial charge on any atom is -0.0622 e. The summed E-state index contributed by atoms with van der Waals surface area (Å²) in [6.07, 6.45) is 0. The molecule has 0 radical (unpaired) electrons.